The van der Waals surface area contributed by atoms with E-state index in [0.29, 0.717) is 18.9 Å². The van der Waals surface area contributed by atoms with E-state index in [1.54, 1.807) is 12.3 Å². The van der Waals surface area contributed by atoms with Crippen molar-refractivity contribution in [1.29, 1.82) is 0 Å². The van der Waals surface area contributed by atoms with Gasteiger partial charge in [-0.3, -0.25) is 4.79 Å². The third-order valence-electron chi connectivity index (χ3n) is 3.74. The summed E-state index contributed by atoms with van der Waals surface area (Å²) < 4.78 is 23.2. The number of piperazine rings is 1. The quantitative estimate of drug-likeness (QED) is 0.782. The van der Waals surface area contributed by atoms with Gasteiger partial charge >= 0.3 is 0 Å². The molecule has 1 saturated heterocycles. The Bertz CT molecular complexity index is 836. The summed E-state index contributed by atoms with van der Waals surface area (Å²) >= 11 is 0. The Morgan fingerprint density at radius 1 is 1.09 bits per heavy atom. The van der Waals surface area contributed by atoms with Crippen molar-refractivity contribution < 1.29 is 8.42 Å². The Morgan fingerprint density at radius 2 is 1.78 bits per heavy atom. The van der Waals surface area contributed by atoms with Crippen LogP contribution < -0.4 is 15.4 Å². The minimum Gasteiger partial charge on any atom is -0.367 e. The molecule has 8 nitrogen and oxygen atoms in total. The molecule has 0 saturated carbocycles. The molecule has 1 N–H and O–H groups in total. The maximum atomic E-state index is 11.6. The average molecular weight is 335 g/mol. The number of aromatic nitrogens is 3. The summed E-state index contributed by atoms with van der Waals surface area (Å²) in [5.41, 5.74) is 0.838. The lowest BCUT2D eigenvalue weighted by Crippen LogP contribution is -2.47. The van der Waals surface area contributed by atoms with Gasteiger partial charge in [0.15, 0.2) is 14.9 Å². The van der Waals surface area contributed by atoms with E-state index in [1.165, 1.54) is 18.5 Å². The first kappa shape index (κ1) is 15.5. The Labute approximate surface area is 133 Å². The molecule has 0 aromatic carbocycles. The van der Waals surface area contributed by atoms with Crippen LogP contribution in [0.4, 0.5) is 11.5 Å². The van der Waals surface area contributed by atoms with E-state index in [1.807, 2.05) is 4.90 Å². The number of nitrogens with one attached hydrogen (secondary N) is 1. The highest BCUT2D eigenvalue weighted by atomic mass is 32.2. The predicted octanol–water partition coefficient (Wildman–Crippen LogP) is -0.105. The van der Waals surface area contributed by atoms with Crippen LogP contribution in [0.1, 0.15) is 0 Å². The normalized spacial score (nSPS) is 15.7. The number of rotatable bonds is 3. The minimum atomic E-state index is -3.34. The first-order chi connectivity index (χ1) is 10.9. The summed E-state index contributed by atoms with van der Waals surface area (Å²) in [6.07, 6.45) is 4.11. The number of anilines is 2. The van der Waals surface area contributed by atoms with Gasteiger partial charge in [-0.2, -0.15) is 0 Å². The SMILES string of the molecule is CS(=O)(=O)c1cc(N2CCN(c3ccc(=O)[nH]c3)CC2)ncn1. The largest absolute Gasteiger partial charge is 0.367 e. The molecule has 2 aromatic rings. The fraction of sp³-hybridized carbons (Fsp3) is 0.357. The van der Waals surface area contributed by atoms with Gasteiger partial charge in [0.05, 0.1) is 5.69 Å². The highest BCUT2D eigenvalue weighted by Gasteiger charge is 2.20. The highest BCUT2D eigenvalue weighted by molar-refractivity contribution is 7.90. The molecule has 0 amide bonds. The van der Waals surface area contributed by atoms with Gasteiger partial charge in [0.1, 0.15) is 12.1 Å². The summed E-state index contributed by atoms with van der Waals surface area (Å²) in [7, 11) is -3.34. The topological polar surface area (TPSA) is 99.3 Å². The molecule has 0 radical (unpaired) electrons. The maximum absolute atomic E-state index is 11.6. The van der Waals surface area contributed by atoms with Crippen LogP contribution in [-0.4, -0.2) is 55.8 Å². The van der Waals surface area contributed by atoms with E-state index in [-0.39, 0.29) is 10.6 Å². The number of pyridine rings is 1. The Hall–Kier alpha value is -2.42. The molecule has 2 aromatic heterocycles. The standard InChI is InChI=1S/C14H17N5O3S/c1-23(21,22)14-8-12(16-10-17-14)19-6-4-18(5-7-19)11-2-3-13(20)15-9-11/h2-3,8-10H,4-7H2,1H3,(H,15,20). The van der Waals surface area contributed by atoms with Crippen LogP contribution in [0.15, 0.2) is 40.5 Å². The summed E-state index contributed by atoms with van der Waals surface area (Å²) in [5, 5.41) is 0.0329. The lowest BCUT2D eigenvalue weighted by atomic mass is 10.2. The van der Waals surface area contributed by atoms with Crippen molar-refractivity contribution in [2.75, 3.05) is 42.2 Å². The summed E-state index contributed by atoms with van der Waals surface area (Å²) in [6.45, 7) is 2.92. The lowest BCUT2D eigenvalue weighted by molar-refractivity contribution is 0.597. The number of aromatic amines is 1. The first-order valence-electron chi connectivity index (χ1n) is 7.14. The molecule has 0 atom stereocenters. The predicted molar refractivity (Wildman–Crippen MR) is 86.6 cm³/mol. The molecule has 0 spiro atoms. The van der Waals surface area contributed by atoms with Crippen LogP contribution in [0.2, 0.25) is 0 Å². The molecule has 1 fully saturated rings. The number of hydrogen-bond donors (Lipinski definition) is 1. The second kappa shape index (κ2) is 5.99. The smallest absolute Gasteiger partial charge is 0.248 e. The molecular weight excluding hydrogens is 318 g/mol. The first-order valence-corrected chi connectivity index (χ1v) is 9.03. The number of hydrogen-bond acceptors (Lipinski definition) is 7. The fourth-order valence-corrected chi connectivity index (χ4v) is 3.06. The van der Waals surface area contributed by atoms with Crippen LogP contribution in [0.5, 0.6) is 0 Å². The zero-order valence-electron chi connectivity index (χ0n) is 12.6. The Kier molecular flexibility index (Phi) is 4.03. The van der Waals surface area contributed by atoms with Crippen molar-refractivity contribution in [1.82, 2.24) is 15.0 Å². The van der Waals surface area contributed by atoms with Gasteiger partial charge in [-0.25, -0.2) is 18.4 Å². The van der Waals surface area contributed by atoms with Gasteiger partial charge < -0.3 is 14.8 Å². The molecule has 23 heavy (non-hydrogen) atoms. The van der Waals surface area contributed by atoms with Crippen molar-refractivity contribution in [3.63, 3.8) is 0 Å². The minimum absolute atomic E-state index is 0.0329. The second-order valence-electron chi connectivity index (χ2n) is 5.37. The lowest BCUT2D eigenvalue weighted by Gasteiger charge is -2.36. The van der Waals surface area contributed by atoms with Gasteiger partial charge in [0.25, 0.3) is 0 Å². The van der Waals surface area contributed by atoms with E-state index in [9.17, 15) is 13.2 Å². The van der Waals surface area contributed by atoms with Crippen LogP contribution in [0, 0.1) is 0 Å². The van der Waals surface area contributed by atoms with E-state index in [4.69, 9.17) is 0 Å². The number of nitrogens with zero attached hydrogens (tertiary/aromatic N) is 4. The van der Waals surface area contributed by atoms with Crippen molar-refractivity contribution in [2.24, 2.45) is 0 Å². The zero-order valence-corrected chi connectivity index (χ0v) is 13.5. The van der Waals surface area contributed by atoms with E-state index >= 15 is 0 Å². The molecule has 1 aliphatic heterocycles. The molecular formula is C14H17N5O3S. The fourth-order valence-electron chi connectivity index (χ4n) is 2.50. The second-order valence-corrected chi connectivity index (χ2v) is 7.33. The molecule has 0 bridgehead atoms. The van der Waals surface area contributed by atoms with Gasteiger partial charge in [-0.05, 0) is 6.07 Å². The number of sulfone groups is 1. The van der Waals surface area contributed by atoms with Gasteiger partial charge in [0, 0.05) is 50.8 Å². The van der Waals surface area contributed by atoms with Crippen LogP contribution in [-0.2, 0) is 9.84 Å². The third-order valence-corrected chi connectivity index (χ3v) is 4.73. The molecule has 3 heterocycles. The van der Waals surface area contributed by atoms with E-state index in [0.717, 1.165) is 25.0 Å². The summed E-state index contributed by atoms with van der Waals surface area (Å²) in [4.78, 5) is 25.9. The molecule has 9 heteroatoms. The molecule has 0 aliphatic carbocycles. The summed E-state index contributed by atoms with van der Waals surface area (Å²) in [5.74, 6) is 0.613. The molecule has 1 aliphatic rings. The van der Waals surface area contributed by atoms with Crippen LogP contribution in [0.3, 0.4) is 0 Å². The molecule has 0 unspecified atom stereocenters. The highest BCUT2D eigenvalue weighted by Crippen LogP contribution is 2.19. The molecule has 122 valence electrons. The average Bonchev–Trinajstić information content (AvgIpc) is 2.55. The van der Waals surface area contributed by atoms with Crippen molar-refractivity contribution in [3.05, 3.63) is 41.1 Å². The van der Waals surface area contributed by atoms with Crippen molar-refractivity contribution in [3.8, 4) is 0 Å². The summed E-state index contributed by atoms with van der Waals surface area (Å²) in [6, 6.07) is 4.80. The van der Waals surface area contributed by atoms with Gasteiger partial charge in [0.2, 0.25) is 5.56 Å². The van der Waals surface area contributed by atoms with Gasteiger partial charge in [-0.15, -0.1) is 0 Å². The zero-order chi connectivity index (χ0) is 16.4. The Morgan fingerprint density at radius 3 is 2.39 bits per heavy atom. The maximum Gasteiger partial charge on any atom is 0.248 e. The Balaban J connectivity index is 1.72. The van der Waals surface area contributed by atoms with Gasteiger partial charge in [-0.1, -0.05) is 0 Å². The molecule has 3 rings (SSSR count). The van der Waals surface area contributed by atoms with E-state index in [2.05, 4.69) is 19.9 Å². The number of H-pyrrole nitrogens is 1. The van der Waals surface area contributed by atoms with Crippen molar-refractivity contribution in [2.45, 2.75) is 5.03 Å². The monoisotopic (exact) mass is 335 g/mol. The van der Waals surface area contributed by atoms with Crippen LogP contribution in [0.25, 0.3) is 0 Å². The third kappa shape index (κ3) is 3.50. The van der Waals surface area contributed by atoms with E-state index < -0.39 is 9.84 Å². The van der Waals surface area contributed by atoms with Crippen LogP contribution >= 0.6 is 0 Å². The van der Waals surface area contributed by atoms with Crippen molar-refractivity contribution >= 4 is 21.3 Å².